The van der Waals surface area contributed by atoms with E-state index in [1.165, 1.54) is 0 Å². The molecule has 0 bridgehead atoms. The highest BCUT2D eigenvalue weighted by molar-refractivity contribution is 6.31. The van der Waals surface area contributed by atoms with E-state index in [4.69, 9.17) is 16.3 Å². The van der Waals surface area contributed by atoms with Gasteiger partial charge in [0.2, 0.25) is 0 Å². The number of carbonyl (C=O) groups excluding carboxylic acids is 2. The van der Waals surface area contributed by atoms with Gasteiger partial charge in [-0.1, -0.05) is 54.1 Å². The minimum Gasteiger partial charge on any atom is -0.452 e. The second-order valence-corrected chi connectivity index (χ2v) is 6.70. The maximum atomic E-state index is 12.6. The molecule has 0 heterocycles. The van der Waals surface area contributed by atoms with Crippen LogP contribution < -0.4 is 5.32 Å². The van der Waals surface area contributed by atoms with Gasteiger partial charge < -0.3 is 10.1 Å². The lowest BCUT2D eigenvalue weighted by atomic mass is 9.96. The van der Waals surface area contributed by atoms with Gasteiger partial charge in [0.25, 0.3) is 5.91 Å². The molecule has 0 aliphatic rings. The lowest BCUT2D eigenvalue weighted by molar-refractivity contribution is -0.119. The fourth-order valence-electron chi connectivity index (χ4n) is 2.79. The average Bonchev–Trinajstić information content (AvgIpc) is 2.74. The lowest BCUT2D eigenvalue weighted by Gasteiger charge is -2.11. The summed E-state index contributed by atoms with van der Waals surface area (Å²) in [6.07, 6.45) is 0. The summed E-state index contributed by atoms with van der Waals surface area (Å²) in [4.78, 5) is 24.7. The highest BCUT2D eigenvalue weighted by atomic mass is 35.5. The Balaban J connectivity index is 1.72. The zero-order chi connectivity index (χ0) is 20.8. The number of nitrogens with zero attached hydrogens (tertiary/aromatic N) is 1. The van der Waals surface area contributed by atoms with Crippen LogP contribution in [-0.2, 0) is 9.53 Å². The Labute approximate surface area is 173 Å². The summed E-state index contributed by atoms with van der Waals surface area (Å²) in [6, 6.07) is 21.0. The van der Waals surface area contributed by atoms with E-state index in [9.17, 15) is 14.9 Å². The molecule has 0 saturated heterocycles. The van der Waals surface area contributed by atoms with Crippen molar-refractivity contribution in [3.63, 3.8) is 0 Å². The first kappa shape index (κ1) is 20.1. The Kier molecular flexibility index (Phi) is 6.28. The monoisotopic (exact) mass is 404 g/mol. The summed E-state index contributed by atoms with van der Waals surface area (Å²) in [6.45, 7) is 1.41. The zero-order valence-corrected chi connectivity index (χ0v) is 16.4. The number of hydrogen-bond donors (Lipinski definition) is 1. The Hall–Kier alpha value is -3.62. The van der Waals surface area contributed by atoms with E-state index in [1.54, 1.807) is 66.7 Å². The first-order chi connectivity index (χ1) is 14.0. The van der Waals surface area contributed by atoms with Gasteiger partial charge in [-0.3, -0.25) is 4.79 Å². The number of nitriles is 1. The normalized spacial score (nSPS) is 10.1. The SMILES string of the molecule is Cc1ccc(NC(=O)COC(=O)c2ccccc2-c2ccccc2C#N)cc1Cl. The van der Waals surface area contributed by atoms with Crippen LogP contribution in [0.2, 0.25) is 5.02 Å². The summed E-state index contributed by atoms with van der Waals surface area (Å²) in [5.41, 5.74) is 3.33. The van der Waals surface area contributed by atoms with E-state index in [0.29, 0.717) is 27.4 Å². The molecule has 0 aliphatic heterocycles. The summed E-state index contributed by atoms with van der Waals surface area (Å²) in [7, 11) is 0. The Morgan fingerprint density at radius 2 is 1.72 bits per heavy atom. The highest BCUT2D eigenvalue weighted by Gasteiger charge is 2.17. The van der Waals surface area contributed by atoms with Crippen molar-refractivity contribution in [2.75, 3.05) is 11.9 Å². The van der Waals surface area contributed by atoms with Crippen LogP contribution in [0.5, 0.6) is 0 Å². The van der Waals surface area contributed by atoms with Crippen LogP contribution in [0.3, 0.4) is 0 Å². The van der Waals surface area contributed by atoms with Crippen molar-refractivity contribution in [3.8, 4) is 17.2 Å². The topological polar surface area (TPSA) is 79.2 Å². The van der Waals surface area contributed by atoms with Crippen molar-refractivity contribution in [3.05, 3.63) is 88.4 Å². The molecule has 0 fully saturated rings. The van der Waals surface area contributed by atoms with Crippen molar-refractivity contribution in [2.45, 2.75) is 6.92 Å². The minimum atomic E-state index is -0.648. The van der Waals surface area contributed by atoms with Gasteiger partial charge in [-0.05, 0) is 42.3 Å². The number of halogens is 1. The average molecular weight is 405 g/mol. The van der Waals surface area contributed by atoms with Gasteiger partial charge in [0.15, 0.2) is 6.61 Å². The number of aryl methyl sites for hydroxylation is 1. The molecule has 0 atom stereocenters. The first-order valence-corrected chi connectivity index (χ1v) is 9.19. The van der Waals surface area contributed by atoms with Crippen LogP contribution in [0.4, 0.5) is 5.69 Å². The van der Waals surface area contributed by atoms with Gasteiger partial charge in [-0.15, -0.1) is 0 Å². The predicted molar refractivity (Wildman–Crippen MR) is 112 cm³/mol. The Morgan fingerprint density at radius 3 is 2.45 bits per heavy atom. The largest absolute Gasteiger partial charge is 0.452 e. The zero-order valence-electron chi connectivity index (χ0n) is 15.6. The molecule has 0 radical (unpaired) electrons. The van der Waals surface area contributed by atoms with Gasteiger partial charge in [-0.2, -0.15) is 5.26 Å². The molecule has 0 unspecified atom stereocenters. The molecule has 5 nitrogen and oxygen atoms in total. The molecule has 3 aromatic rings. The number of rotatable bonds is 5. The molecule has 3 aromatic carbocycles. The predicted octanol–water partition coefficient (Wildman–Crippen LogP) is 4.98. The molecular formula is C23H17ClN2O3. The summed E-state index contributed by atoms with van der Waals surface area (Å²) in [5.74, 6) is -1.13. The third-order valence-corrected chi connectivity index (χ3v) is 4.68. The van der Waals surface area contributed by atoms with Crippen LogP contribution in [0.1, 0.15) is 21.5 Å². The van der Waals surface area contributed by atoms with Crippen molar-refractivity contribution >= 4 is 29.2 Å². The minimum absolute atomic E-state index is 0.279. The third kappa shape index (κ3) is 4.81. The summed E-state index contributed by atoms with van der Waals surface area (Å²) >= 11 is 6.05. The standard InChI is InChI=1S/C23H17ClN2O3/c1-15-10-11-17(12-21(15)24)26-22(27)14-29-23(28)20-9-5-4-8-19(20)18-7-3-2-6-16(18)13-25/h2-12H,14H2,1H3,(H,26,27). The number of nitrogens with one attached hydrogen (secondary N) is 1. The maximum Gasteiger partial charge on any atom is 0.339 e. The van der Waals surface area contributed by atoms with Gasteiger partial charge in [0, 0.05) is 16.3 Å². The molecule has 3 rings (SSSR count). The number of ether oxygens (including phenoxy) is 1. The molecule has 1 amide bonds. The van der Waals surface area contributed by atoms with Crippen molar-refractivity contribution < 1.29 is 14.3 Å². The van der Waals surface area contributed by atoms with Crippen molar-refractivity contribution in [1.29, 1.82) is 5.26 Å². The van der Waals surface area contributed by atoms with Gasteiger partial charge in [0.1, 0.15) is 0 Å². The summed E-state index contributed by atoms with van der Waals surface area (Å²) < 4.78 is 5.18. The van der Waals surface area contributed by atoms with Crippen LogP contribution in [0.25, 0.3) is 11.1 Å². The molecule has 0 spiro atoms. The van der Waals surface area contributed by atoms with E-state index in [0.717, 1.165) is 5.56 Å². The van der Waals surface area contributed by atoms with Crippen LogP contribution >= 0.6 is 11.6 Å². The van der Waals surface area contributed by atoms with E-state index >= 15 is 0 Å². The third-order valence-electron chi connectivity index (χ3n) is 4.27. The first-order valence-electron chi connectivity index (χ1n) is 8.81. The van der Waals surface area contributed by atoms with E-state index < -0.39 is 18.5 Å². The fourth-order valence-corrected chi connectivity index (χ4v) is 2.97. The van der Waals surface area contributed by atoms with Crippen molar-refractivity contribution in [1.82, 2.24) is 0 Å². The van der Waals surface area contributed by atoms with Gasteiger partial charge in [-0.25, -0.2) is 4.79 Å². The van der Waals surface area contributed by atoms with E-state index in [-0.39, 0.29) is 5.56 Å². The quantitative estimate of drug-likeness (QED) is 0.608. The molecule has 0 aliphatic carbocycles. The number of benzene rings is 3. The Morgan fingerprint density at radius 1 is 1.03 bits per heavy atom. The molecular weight excluding hydrogens is 388 g/mol. The molecule has 29 heavy (non-hydrogen) atoms. The number of esters is 1. The number of hydrogen-bond acceptors (Lipinski definition) is 4. The lowest BCUT2D eigenvalue weighted by Crippen LogP contribution is -2.21. The number of amides is 1. The maximum absolute atomic E-state index is 12.6. The van der Waals surface area contributed by atoms with Crippen LogP contribution in [-0.4, -0.2) is 18.5 Å². The van der Waals surface area contributed by atoms with Gasteiger partial charge in [0.05, 0.1) is 17.2 Å². The number of carbonyl (C=O) groups is 2. The van der Waals surface area contributed by atoms with Crippen LogP contribution in [0.15, 0.2) is 66.7 Å². The van der Waals surface area contributed by atoms with Crippen molar-refractivity contribution in [2.24, 2.45) is 0 Å². The fraction of sp³-hybridized carbons (Fsp3) is 0.0870. The van der Waals surface area contributed by atoms with Crippen LogP contribution in [0, 0.1) is 18.3 Å². The molecule has 6 heteroatoms. The molecule has 0 saturated carbocycles. The Bertz CT molecular complexity index is 1120. The number of anilines is 1. The van der Waals surface area contributed by atoms with E-state index in [1.807, 2.05) is 6.92 Å². The van der Waals surface area contributed by atoms with Gasteiger partial charge >= 0.3 is 5.97 Å². The second-order valence-electron chi connectivity index (χ2n) is 6.29. The molecule has 0 aromatic heterocycles. The second kappa shape index (κ2) is 9.05. The van der Waals surface area contributed by atoms with E-state index in [2.05, 4.69) is 11.4 Å². The summed E-state index contributed by atoms with van der Waals surface area (Å²) in [5, 5.41) is 12.5. The molecule has 144 valence electrons. The smallest absolute Gasteiger partial charge is 0.339 e. The molecule has 1 N–H and O–H groups in total. The highest BCUT2D eigenvalue weighted by Crippen LogP contribution is 2.27.